The van der Waals surface area contributed by atoms with Gasteiger partial charge in [0, 0.05) is 27.7 Å². The van der Waals surface area contributed by atoms with E-state index in [-0.39, 0.29) is 29.9 Å². The van der Waals surface area contributed by atoms with Crippen LogP contribution in [0.2, 0.25) is 10.0 Å². The van der Waals surface area contributed by atoms with Gasteiger partial charge >= 0.3 is 5.97 Å². The molecule has 10 nitrogen and oxygen atoms in total. The summed E-state index contributed by atoms with van der Waals surface area (Å²) in [6.45, 7) is 0.00705. The van der Waals surface area contributed by atoms with Crippen molar-refractivity contribution in [1.29, 1.82) is 0 Å². The predicted octanol–water partition coefficient (Wildman–Crippen LogP) is 5.10. The number of hydrogen-bond donors (Lipinski definition) is 2. The van der Waals surface area contributed by atoms with Crippen LogP contribution in [0.3, 0.4) is 0 Å². The number of benzene rings is 3. The number of rotatable bonds is 10. The molecular formula is C33H35Cl2N3O7S. The number of sulfonamides is 1. The molecule has 0 radical (unpaired) electrons. The summed E-state index contributed by atoms with van der Waals surface area (Å²) in [5.74, 6) is -2.19. The molecule has 5 rings (SSSR count). The number of carbonyl (C=O) groups is 3. The van der Waals surface area contributed by atoms with Crippen LogP contribution < -0.4 is 10.2 Å². The van der Waals surface area contributed by atoms with Crippen LogP contribution in [-0.4, -0.2) is 56.6 Å². The summed E-state index contributed by atoms with van der Waals surface area (Å²) in [5, 5.41) is 0.648. The maximum Gasteiger partial charge on any atom is 0.309 e. The molecule has 1 aliphatic heterocycles. The smallest absolute Gasteiger partial charge is 0.309 e. The first-order valence-electron chi connectivity index (χ1n) is 14.9. The number of ether oxygens (including phenoxy) is 1. The van der Waals surface area contributed by atoms with Gasteiger partial charge in [-0.2, -0.15) is 0 Å². The summed E-state index contributed by atoms with van der Waals surface area (Å²) < 4.78 is 32.3. The van der Waals surface area contributed by atoms with Crippen molar-refractivity contribution >= 4 is 51.0 Å². The van der Waals surface area contributed by atoms with Crippen molar-refractivity contribution < 1.29 is 32.4 Å². The fourth-order valence-electron chi connectivity index (χ4n) is 6.45. The van der Waals surface area contributed by atoms with E-state index < -0.39 is 40.0 Å². The Morgan fingerprint density at radius 3 is 2.43 bits per heavy atom. The van der Waals surface area contributed by atoms with Crippen LogP contribution in [0.15, 0.2) is 66.7 Å². The Morgan fingerprint density at radius 2 is 1.70 bits per heavy atom. The number of hydrogen-bond acceptors (Lipinski definition) is 7. The van der Waals surface area contributed by atoms with E-state index in [0.717, 1.165) is 30.2 Å². The quantitative estimate of drug-likeness (QED) is 0.224. The van der Waals surface area contributed by atoms with Crippen LogP contribution in [-0.2, 0) is 42.2 Å². The van der Waals surface area contributed by atoms with Crippen molar-refractivity contribution in [3.05, 3.63) is 105 Å². The number of nitrogens with zero attached hydrogens (tertiary/aromatic N) is 1. The van der Waals surface area contributed by atoms with Gasteiger partial charge in [0.1, 0.15) is 0 Å². The second kappa shape index (κ2) is 14.5. The van der Waals surface area contributed by atoms with E-state index in [4.69, 9.17) is 32.8 Å². The second-order valence-corrected chi connectivity index (χ2v) is 14.2. The van der Waals surface area contributed by atoms with Gasteiger partial charge in [0.25, 0.3) is 11.8 Å². The molecule has 46 heavy (non-hydrogen) atoms. The molecule has 0 saturated heterocycles. The minimum absolute atomic E-state index is 0.00705. The van der Waals surface area contributed by atoms with E-state index >= 15 is 0 Å². The second-order valence-electron chi connectivity index (χ2n) is 11.6. The molecule has 1 unspecified atom stereocenters. The molecule has 0 bridgehead atoms. The minimum atomic E-state index is -3.61. The van der Waals surface area contributed by atoms with Crippen LogP contribution in [0.5, 0.6) is 0 Å². The number of carbonyl (C=O) groups excluding carboxylic acids is 3. The Balaban J connectivity index is 1.52. The highest BCUT2D eigenvalue weighted by atomic mass is 35.5. The van der Waals surface area contributed by atoms with Gasteiger partial charge in [-0.15, -0.1) is 0 Å². The Labute approximate surface area is 278 Å². The Kier molecular flexibility index (Phi) is 10.7. The maximum absolute atomic E-state index is 14.4. The number of amides is 2. The third kappa shape index (κ3) is 7.72. The van der Waals surface area contributed by atoms with Gasteiger partial charge in [-0.25, -0.2) is 18.6 Å². The van der Waals surface area contributed by atoms with E-state index in [1.807, 2.05) is 0 Å². The van der Waals surface area contributed by atoms with Gasteiger partial charge < -0.3 is 9.64 Å². The minimum Gasteiger partial charge on any atom is -0.469 e. The van der Waals surface area contributed by atoms with E-state index in [1.165, 1.54) is 7.11 Å². The van der Waals surface area contributed by atoms with E-state index in [9.17, 15) is 22.8 Å². The van der Waals surface area contributed by atoms with Gasteiger partial charge in [-0.3, -0.25) is 19.2 Å². The summed E-state index contributed by atoms with van der Waals surface area (Å²) in [6.07, 6.45) is 3.80. The third-order valence-electron chi connectivity index (χ3n) is 8.37. The molecule has 0 aromatic heterocycles. The number of hydroxylamine groups is 1. The zero-order valence-corrected chi connectivity index (χ0v) is 27.7. The summed E-state index contributed by atoms with van der Waals surface area (Å²) in [4.78, 5) is 47.6. The molecule has 1 heterocycles. The average molecular weight is 689 g/mol. The zero-order chi connectivity index (χ0) is 33.0. The van der Waals surface area contributed by atoms with Gasteiger partial charge in [-0.1, -0.05) is 84.6 Å². The normalized spacial score (nSPS) is 21.4. The summed E-state index contributed by atoms with van der Waals surface area (Å²) in [6, 6.07) is 16.9. The number of methoxy groups -OCH3 is 1. The van der Waals surface area contributed by atoms with Crippen molar-refractivity contribution in [3.8, 4) is 0 Å². The fraction of sp³-hybridized carbons (Fsp3) is 0.364. The molecule has 1 aliphatic carbocycles. The Bertz CT molecular complexity index is 1740. The molecule has 1 saturated carbocycles. The highest BCUT2D eigenvalue weighted by Crippen LogP contribution is 2.47. The van der Waals surface area contributed by atoms with E-state index in [1.54, 1.807) is 71.6 Å². The van der Waals surface area contributed by atoms with Crippen LogP contribution in [0.1, 0.15) is 70.3 Å². The molecule has 13 heteroatoms. The van der Waals surface area contributed by atoms with Crippen LogP contribution in [0, 0.1) is 0 Å². The fourth-order valence-corrected chi connectivity index (χ4v) is 7.80. The third-order valence-corrected chi connectivity index (χ3v) is 9.66. The largest absolute Gasteiger partial charge is 0.469 e. The maximum atomic E-state index is 14.4. The molecule has 2 aliphatic rings. The van der Waals surface area contributed by atoms with Crippen molar-refractivity contribution in [3.63, 3.8) is 0 Å². The number of fused-ring (bicyclic) bond motifs is 1. The van der Waals surface area contributed by atoms with Gasteiger partial charge in [0.15, 0.2) is 0 Å². The van der Waals surface area contributed by atoms with Crippen molar-refractivity contribution in [2.45, 2.75) is 62.8 Å². The van der Waals surface area contributed by atoms with Crippen molar-refractivity contribution in [2.75, 3.05) is 13.4 Å². The lowest BCUT2D eigenvalue weighted by atomic mass is 9.76. The lowest BCUT2D eigenvalue weighted by Crippen LogP contribution is -2.59. The van der Waals surface area contributed by atoms with Gasteiger partial charge in [0.2, 0.25) is 10.0 Å². The average Bonchev–Trinajstić information content (AvgIpc) is 3.01. The molecule has 2 amide bonds. The van der Waals surface area contributed by atoms with Crippen LogP contribution in [0.4, 0.5) is 0 Å². The first kappa shape index (κ1) is 33.9. The van der Waals surface area contributed by atoms with Crippen LogP contribution >= 0.6 is 23.2 Å². The highest BCUT2D eigenvalue weighted by molar-refractivity contribution is 7.88. The van der Waals surface area contributed by atoms with E-state index in [0.29, 0.717) is 34.6 Å². The molecule has 3 aromatic carbocycles. The number of halogens is 2. The molecule has 4 atom stereocenters. The lowest BCUT2D eigenvalue weighted by Gasteiger charge is -2.49. The van der Waals surface area contributed by atoms with Crippen LogP contribution in [0.25, 0.3) is 0 Å². The highest BCUT2D eigenvalue weighted by Gasteiger charge is 2.49. The predicted molar refractivity (Wildman–Crippen MR) is 174 cm³/mol. The summed E-state index contributed by atoms with van der Waals surface area (Å²) >= 11 is 13.0. The summed E-state index contributed by atoms with van der Waals surface area (Å²) in [5.41, 5.74) is 5.35. The molecule has 244 valence electrons. The first-order valence-corrected chi connectivity index (χ1v) is 17.5. The summed E-state index contributed by atoms with van der Waals surface area (Å²) in [7, 11) is -2.28. The lowest BCUT2D eigenvalue weighted by molar-refractivity contribution is -0.140. The van der Waals surface area contributed by atoms with Gasteiger partial charge in [-0.05, 0) is 53.3 Å². The molecule has 0 spiro atoms. The standard InChI is InChI=1S/C33H35Cl2N3O7S/c1-44-29(39)17-20-8-7-9-21(16-20)19-45-36-32(40)30-23-10-3-4-11-24(23)33(41)38(31(30)25-15-14-22(34)18-26(25)35)28-13-6-5-12-27(28)37-46(2,42)43/h3-4,7-11,14-16,18,27-28,30-31,37H,5-6,12-13,17,19H2,1-2H3,(H,36,40)/t27-,28?,30+,31-/m0/s1. The van der Waals surface area contributed by atoms with Gasteiger partial charge in [0.05, 0.1) is 38.4 Å². The van der Waals surface area contributed by atoms with Crippen molar-refractivity contribution in [2.24, 2.45) is 0 Å². The molecule has 1 fully saturated rings. The molecule has 2 N–H and O–H groups in total. The molecule has 3 aromatic rings. The SMILES string of the molecule is COC(=O)Cc1cccc(CONC(=O)[C@@H]2c3ccccc3C(=O)N(C3CCCC[C@@H]3NS(C)(=O)=O)[C@H]2c2ccc(Cl)cc2Cl)c1. The number of esters is 1. The zero-order valence-electron chi connectivity index (χ0n) is 25.4. The van der Waals surface area contributed by atoms with Crippen molar-refractivity contribution in [1.82, 2.24) is 15.1 Å². The molecular weight excluding hydrogens is 653 g/mol. The Hall–Kier alpha value is -3.48. The first-order chi connectivity index (χ1) is 22.0. The monoisotopic (exact) mass is 687 g/mol. The van der Waals surface area contributed by atoms with E-state index in [2.05, 4.69) is 10.2 Å². The Morgan fingerprint density at radius 1 is 0.957 bits per heavy atom. The topological polar surface area (TPSA) is 131 Å². The number of nitrogens with one attached hydrogen (secondary N) is 2.